The summed E-state index contributed by atoms with van der Waals surface area (Å²) in [4.78, 5) is 8.54. The molecule has 0 bridgehead atoms. The molecule has 1 heterocycles. The first-order chi connectivity index (χ1) is 8.12. The number of anilines is 2. The molecule has 17 heavy (non-hydrogen) atoms. The average molecular weight is 236 g/mol. The van der Waals surface area contributed by atoms with E-state index in [1.807, 2.05) is 7.05 Å². The molecule has 0 atom stereocenters. The number of aromatic nitrogens is 2. The Balaban J connectivity index is 2.32. The fourth-order valence-electron chi connectivity index (χ4n) is 1.97. The lowest BCUT2D eigenvalue weighted by Crippen LogP contribution is -2.27. The van der Waals surface area contributed by atoms with Gasteiger partial charge in [0.1, 0.15) is 18.0 Å². The zero-order valence-corrected chi connectivity index (χ0v) is 10.6. The second-order valence-electron chi connectivity index (χ2n) is 4.95. The summed E-state index contributed by atoms with van der Waals surface area (Å²) in [5, 5.41) is 15.8. The molecule has 5 nitrogen and oxygen atoms in total. The Hall–Kier alpha value is -1.36. The van der Waals surface area contributed by atoms with Gasteiger partial charge in [0.15, 0.2) is 0 Å². The van der Waals surface area contributed by atoms with Crippen LogP contribution in [0.15, 0.2) is 6.33 Å². The van der Waals surface area contributed by atoms with Crippen LogP contribution in [-0.2, 0) is 0 Å². The number of nitrogens with zero attached hydrogens (tertiary/aromatic N) is 2. The highest BCUT2D eigenvalue weighted by atomic mass is 16.3. The van der Waals surface area contributed by atoms with Crippen LogP contribution in [0.4, 0.5) is 11.6 Å². The van der Waals surface area contributed by atoms with Crippen molar-refractivity contribution in [2.24, 2.45) is 0 Å². The van der Waals surface area contributed by atoms with Gasteiger partial charge >= 0.3 is 0 Å². The Labute approximate surface area is 102 Å². The first-order valence-corrected chi connectivity index (χ1v) is 6.03. The van der Waals surface area contributed by atoms with Crippen LogP contribution in [0.5, 0.6) is 0 Å². The van der Waals surface area contributed by atoms with E-state index in [-0.39, 0.29) is 12.1 Å². The molecule has 1 saturated carbocycles. The van der Waals surface area contributed by atoms with E-state index in [2.05, 4.69) is 34.4 Å². The third-order valence-electron chi connectivity index (χ3n) is 3.24. The molecule has 0 aliphatic heterocycles. The van der Waals surface area contributed by atoms with Gasteiger partial charge in [0.05, 0.1) is 12.1 Å². The summed E-state index contributed by atoms with van der Waals surface area (Å²) in [7, 11) is 1.86. The van der Waals surface area contributed by atoms with E-state index in [0.717, 1.165) is 30.0 Å². The van der Waals surface area contributed by atoms with E-state index in [1.54, 1.807) is 6.33 Å². The highest BCUT2D eigenvalue weighted by Gasteiger charge is 2.43. The number of nitrogens with one attached hydrogen (secondary N) is 2. The summed E-state index contributed by atoms with van der Waals surface area (Å²) in [6, 6.07) is 0. The molecule has 2 rings (SSSR count). The Kier molecular flexibility index (Phi) is 3.19. The van der Waals surface area contributed by atoms with Crippen molar-refractivity contribution in [3.8, 4) is 0 Å². The van der Waals surface area contributed by atoms with Crippen LogP contribution in [0.25, 0.3) is 0 Å². The fraction of sp³-hybridized carbons (Fsp3) is 0.667. The van der Waals surface area contributed by atoms with Crippen molar-refractivity contribution in [2.75, 3.05) is 24.3 Å². The van der Waals surface area contributed by atoms with Crippen LogP contribution in [0.3, 0.4) is 0 Å². The first kappa shape index (κ1) is 12.1. The van der Waals surface area contributed by atoms with Crippen molar-refractivity contribution in [1.82, 2.24) is 9.97 Å². The van der Waals surface area contributed by atoms with Gasteiger partial charge in [-0.15, -0.1) is 0 Å². The Bertz CT molecular complexity index is 401. The van der Waals surface area contributed by atoms with Gasteiger partial charge < -0.3 is 15.7 Å². The Morgan fingerprint density at radius 3 is 2.47 bits per heavy atom. The number of hydrogen-bond donors (Lipinski definition) is 3. The van der Waals surface area contributed by atoms with Crippen LogP contribution in [0, 0.1) is 0 Å². The van der Waals surface area contributed by atoms with Crippen molar-refractivity contribution in [1.29, 1.82) is 0 Å². The van der Waals surface area contributed by atoms with E-state index in [9.17, 15) is 5.11 Å². The maximum absolute atomic E-state index is 9.35. The molecule has 0 radical (unpaired) electrons. The molecule has 0 unspecified atom stereocenters. The smallest absolute Gasteiger partial charge is 0.135 e. The SMILES string of the molecule is CNc1ncnc(NC2(CO)CC2)c1C(C)C. The molecule has 0 saturated heterocycles. The highest BCUT2D eigenvalue weighted by molar-refractivity contribution is 5.60. The van der Waals surface area contributed by atoms with Gasteiger partial charge in [-0.05, 0) is 18.8 Å². The molecule has 1 aliphatic carbocycles. The molecular formula is C12H20N4O. The molecule has 1 fully saturated rings. The molecule has 1 aromatic rings. The summed E-state index contributed by atoms with van der Waals surface area (Å²) >= 11 is 0. The van der Waals surface area contributed by atoms with Gasteiger partial charge in [0, 0.05) is 12.6 Å². The zero-order valence-electron chi connectivity index (χ0n) is 10.6. The molecule has 3 N–H and O–H groups in total. The topological polar surface area (TPSA) is 70.1 Å². The summed E-state index contributed by atoms with van der Waals surface area (Å²) in [5.41, 5.74) is 0.929. The number of hydrogen-bond acceptors (Lipinski definition) is 5. The largest absolute Gasteiger partial charge is 0.394 e. The van der Waals surface area contributed by atoms with Crippen LogP contribution in [0.2, 0.25) is 0 Å². The monoisotopic (exact) mass is 236 g/mol. The average Bonchev–Trinajstić information content (AvgIpc) is 3.08. The van der Waals surface area contributed by atoms with E-state index in [4.69, 9.17) is 0 Å². The quantitative estimate of drug-likeness (QED) is 0.724. The van der Waals surface area contributed by atoms with E-state index < -0.39 is 0 Å². The molecular weight excluding hydrogens is 216 g/mol. The lowest BCUT2D eigenvalue weighted by atomic mass is 10.0. The maximum atomic E-state index is 9.35. The van der Waals surface area contributed by atoms with Crippen LogP contribution in [0.1, 0.15) is 38.2 Å². The van der Waals surface area contributed by atoms with Crippen molar-refractivity contribution >= 4 is 11.6 Å². The molecule has 0 amide bonds. The summed E-state index contributed by atoms with van der Waals surface area (Å²) < 4.78 is 0. The van der Waals surface area contributed by atoms with Crippen LogP contribution in [-0.4, -0.2) is 34.3 Å². The maximum Gasteiger partial charge on any atom is 0.135 e. The van der Waals surface area contributed by atoms with Crippen LogP contribution < -0.4 is 10.6 Å². The van der Waals surface area contributed by atoms with Crippen molar-refractivity contribution in [2.45, 2.75) is 38.1 Å². The standard InChI is InChI=1S/C12H20N4O/c1-8(2)9-10(13-3)14-7-15-11(9)16-12(6-17)4-5-12/h7-8,17H,4-6H2,1-3H3,(H2,13,14,15,16). The van der Waals surface area contributed by atoms with Crippen LogP contribution >= 0.6 is 0 Å². The van der Waals surface area contributed by atoms with E-state index in [1.165, 1.54) is 0 Å². The number of aliphatic hydroxyl groups excluding tert-OH is 1. The van der Waals surface area contributed by atoms with Gasteiger partial charge in [-0.1, -0.05) is 13.8 Å². The summed E-state index contributed by atoms with van der Waals surface area (Å²) in [6.07, 6.45) is 3.55. The molecule has 0 aromatic carbocycles. The third-order valence-corrected chi connectivity index (χ3v) is 3.24. The van der Waals surface area contributed by atoms with E-state index in [0.29, 0.717) is 5.92 Å². The minimum Gasteiger partial charge on any atom is -0.394 e. The Morgan fingerprint density at radius 2 is 2.00 bits per heavy atom. The van der Waals surface area contributed by atoms with Gasteiger partial charge in [-0.25, -0.2) is 9.97 Å². The van der Waals surface area contributed by atoms with Gasteiger partial charge in [0.25, 0.3) is 0 Å². The normalized spacial score (nSPS) is 17.0. The molecule has 0 spiro atoms. The highest BCUT2D eigenvalue weighted by Crippen LogP contribution is 2.40. The Morgan fingerprint density at radius 1 is 1.35 bits per heavy atom. The fourth-order valence-corrected chi connectivity index (χ4v) is 1.97. The molecule has 1 aliphatic rings. The summed E-state index contributed by atoms with van der Waals surface area (Å²) in [6.45, 7) is 4.38. The molecule has 1 aromatic heterocycles. The zero-order chi connectivity index (χ0) is 12.5. The minimum absolute atomic E-state index is 0.150. The molecule has 94 valence electrons. The first-order valence-electron chi connectivity index (χ1n) is 6.03. The van der Waals surface area contributed by atoms with Gasteiger partial charge in [0.2, 0.25) is 0 Å². The van der Waals surface area contributed by atoms with Gasteiger partial charge in [-0.2, -0.15) is 0 Å². The van der Waals surface area contributed by atoms with Crippen molar-refractivity contribution < 1.29 is 5.11 Å². The lowest BCUT2D eigenvalue weighted by molar-refractivity contribution is 0.266. The number of rotatable bonds is 5. The number of aliphatic hydroxyl groups is 1. The van der Waals surface area contributed by atoms with Crippen molar-refractivity contribution in [3.05, 3.63) is 11.9 Å². The van der Waals surface area contributed by atoms with Crippen molar-refractivity contribution in [3.63, 3.8) is 0 Å². The second-order valence-corrected chi connectivity index (χ2v) is 4.95. The van der Waals surface area contributed by atoms with Gasteiger partial charge in [-0.3, -0.25) is 0 Å². The second kappa shape index (κ2) is 4.49. The lowest BCUT2D eigenvalue weighted by Gasteiger charge is -2.20. The van der Waals surface area contributed by atoms with E-state index >= 15 is 0 Å². The third kappa shape index (κ3) is 2.34. The summed E-state index contributed by atoms with van der Waals surface area (Å²) in [5.74, 6) is 2.02. The molecule has 5 heteroatoms. The predicted molar refractivity (Wildman–Crippen MR) is 68.3 cm³/mol. The minimum atomic E-state index is -0.150. The predicted octanol–water partition coefficient (Wildman–Crippen LogP) is 1.58.